The van der Waals surface area contributed by atoms with Gasteiger partial charge in [-0.3, -0.25) is 4.79 Å². The van der Waals surface area contributed by atoms with Crippen LogP contribution in [0.1, 0.15) is 0 Å². The highest BCUT2D eigenvalue weighted by Gasteiger charge is 2.38. The number of carbonyl (C=O) groups excluding carboxylic acids is 1. The van der Waals surface area contributed by atoms with E-state index < -0.39 is 12.1 Å². The van der Waals surface area contributed by atoms with Gasteiger partial charge in [0.1, 0.15) is 5.82 Å². The number of nitrogen functional groups attached to an aromatic ring is 1. The van der Waals surface area contributed by atoms with E-state index in [9.17, 15) is 18.0 Å². The lowest BCUT2D eigenvalue weighted by atomic mass is 10.0. The zero-order valence-corrected chi connectivity index (χ0v) is 16.8. The number of hydrogen-bond donors (Lipinski definition) is 3. The van der Waals surface area contributed by atoms with Gasteiger partial charge >= 0.3 is 12.1 Å². The maximum absolute atomic E-state index is 11.8. The van der Waals surface area contributed by atoms with Crippen molar-refractivity contribution < 1.29 is 27.9 Å². The van der Waals surface area contributed by atoms with Crippen LogP contribution in [0.3, 0.4) is 0 Å². The Balaban J connectivity index is 0.000000423. The summed E-state index contributed by atoms with van der Waals surface area (Å²) in [6.07, 6.45) is -3.37. The summed E-state index contributed by atoms with van der Waals surface area (Å²) in [5, 5.41) is 12.0. The maximum Gasteiger partial charge on any atom is 0.490 e. The first kappa shape index (κ1) is 23.6. The van der Waals surface area contributed by atoms with Crippen LogP contribution in [0.15, 0.2) is 54.7 Å². The number of nitrogens with one attached hydrogen (secondary N) is 1. The van der Waals surface area contributed by atoms with Gasteiger partial charge < -0.3 is 21.1 Å². The van der Waals surface area contributed by atoms with Crippen molar-refractivity contribution in [2.24, 2.45) is 0 Å². The number of fused-ring (bicyclic) bond motifs is 1. The molecule has 4 N–H and O–H groups in total. The van der Waals surface area contributed by atoms with Crippen LogP contribution < -0.4 is 11.1 Å². The fourth-order valence-corrected chi connectivity index (χ4v) is 2.60. The predicted octanol–water partition coefficient (Wildman–Crippen LogP) is 3.62. The first-order chi connectivity index (χ1) is 14.5. The number of halogens is 3. The quantitative estimate of drug-likeness (QED) is 0.579. The molecular weight excluding hydrogens is 413 g/mol. The number of amides is 1. The number of nitrogens with zero attached hydrogens (tertiary/aromatic N) is 2. The number of aliphatic carboxylic acids is 1. The third-order valence-corrected chi connectivity index (χ3v) is 4.00. The molecule has 0 saturated heterocycles. The minimum absolute atomic E-state index is 0.0303. The number of benzene rings is 2. The Morgan fingerprint density at radius 3 is 2.19 bits per heavy atom. The van der Waals surface area contributed by atoms with E-state index in [-0.39, 0.29) is 5.91 Å². The average Bonchev–Trinajstić information content (AvgIpc) is 2.68. The average molecular weight is 434 g/mol. The molecule has 0 atom stereocenters. The number of rotatable bonds is 4. The van der Waals surface area contributed by atoms with Crippen LogP contribution in [0.2, 0.25) is 0 Å². The Morgan fingerprint density at radius 1 is 1.06 bits per heavy atom. The summed E-state index contributed by atoms with van der Waals surface area (Å²) in [5.74, 6) is -2.26. The molecule has 31 heavy (non-hydrogen) atoms. The Bertz CT molecular complexity index is 1070. The van der Waals surface area contributed by atoms with Gasteiger partial charge in [0.05, 0.1) is 6.54 Å². The van der Waals surface area contributed by atoms with Crippen molar-refractivity contribution in [1.82, 2.24) is 9.88 Å². The van der Waals surface area contributed by atoms with Crippen molar-refractivity contribution >= 4 is 34.2 Å². The molecule has 0 saturated carbocycles. The normalized spacial score (nSPS) is 11.0. The SMILES string of the molecule is CN(C)CC(=O)Nc1ccc(-c2ccc3ccnc(N)c3c2)cc1.O=C(O)C(F)(F)F. The van der Waals surface area contributed by atoms with Gasteiger partial charge in [0.15, 0.2) is 0 Å². The Labute approximate surface area is 176 Å². The van der Waals surface area contributed by atoms with Gasteiger partial charge in [-0.05, 0) is 54.9 Å². The number of nitrogens with two attached hydrogens (primary N) is 1. The number of carboxylic acid groups (broad SMARTS) is 1. The lowest BCUT2D eigenvalue weighted by molar-refractivity contribution is -0.192. The molecule has 0 aliphatic rings. The summed E-state index contributed by atoms with van der Waals surface area (Å²) >= 11 is 0. The fraction of sp³-hybridized carbons (Fsp3) is 0.190. The number of anilines is 2. The van der Waals surface area contributed by atoms with E-state index in [1.807, 2.05) is 61.5 Å². The molecule has 10 heteroatoms. The maximum atomic E-state index is 11.8. The summed E-state index contributed by atoms with van der Waals surface area (Å²) in [6, 6.07) is 15.9. The second kappa shape index (κ2) is 9.90. The first-order valence-corrected chi connectivity index (χ1v) is 8.96. The topological polar surface area (TPSA) is 109 Å². The van der Waals surface area contributed by atoms with Crippen molar-refractivity contribution in [2.45, 2.75) is 6.18 Å². The molecule has 164 valence electrons. The number of carboxylic acids is 1. The van der Waals surface area contributed by atoms with E-state index in [2.05, 4.69) is 16.4 Å². The highest BCUT2D eigenvalue weighted by Crippen LogP contribution is 2.27. The van der Waals surface area contributed by atoms with Gasteiger partial charge in [0.2, 0.25) is 5.91 Å². The molecule has 3 aromatic rings. The van der Waals surface area contributed by atoms with Gasteiger partial charge in [0, 0.05) is 17.3 Å². The van der Waals surface area contributed by atoms with E-state index >= 15 is 0 Å². The van der Waals surface area contributed by atoms with Crippen molar-refractivity contribution in [3.63, 3.8) is 0 Å². The van der Waals surface area contributed by atoms with Crippen LogP contribution in [-0.2, 0) is 9.59 Å². The molecule has 0 radical (unpaired) electrons. The van der Waals surface area contributed by atoms with E-state index in [4.69, 9.17) is 15.6 Å². The van der Waals surface area contributed by atoms with Crippen LogP contribution in [0, 0.1) is 0 Å². The molecule has 2 aromatic carbocycles. The van der Waals surface area contributed by atoms with E-state index in [1.165, 1.54) is 0 Å². The van der Waals surface area contributed by atoms with Crippen molar-refractivity contribution in [1.29, 1.82) is 0 Å². The van der Waals surface area contributed by atoms with Crippen LogP contribution in [0.5, 0.6) is 0 Å². The molecule has 0 bridgehead atoms. The van der Waals surface area contributed by atoms with E-state index in [1.54, 1.807) is 6.20 Å². The molecule has 0 aliphatic carbocycles. The Morgan fingerprint density at radius 2 is 1.65 bits per heavy atom. The summed E-state index contributed by atoms with van der Waals surface area (Å²) in [4.78, 5) is 26.7. The minimum atomic E-state index is -5.08. The number of pyridine rings is 1. The van der Waals surface area contributed by atoms with Crippen molar-refractivity contribution in [3.05, 3.63) is 54.7 Å². The molecule has 1 heterocycles. The third kappa shape index (κ3) is 6.96. The summed E-state index contributed by atoms with van der Waals surface area (Å²) < 4.78 is 31.7. The fourth-order valence-electron chi connectivity index (χ4n) is 2.60. The molecule has 1 amide bonds. The smallest absolute Gasteiger partial charge is 0.475 e. The monoisotopic (exact) mass is 434 g/mol. The zero-order chi connectivity index (χ0) is 23.2. The standard InChI is InChI=1S/C19H20N4O.C2HF3O2/c1-23(2)12-18(24)22-16-7-5-13(6-8-16)15-4-3-14-9-10-21-19(20)17(14)11-15;3-2(4,5)1(6)7/h3-11H,12H2,1-2H3,(H2,20,21)(H,22,24);(H,6,7). The van der Waals surface area contributed by atoms with Crippen molar-refractivity contribution in [3.8, 4) is 11.1 Å². The van der Waals surface area contributed by atoms with Gasteiger partial charge in [0.25, 0.3) is 0 Å². The molecule has 3 rings (SSSR count). The van der Waals surface area contributed by atoms with Gasteiger partial charge in [-0.1, -0.05) is 24.3 Å². The van der Waals surface area contributed by atoms with Gasteiger partial charge in [-0.2, -0.15) is 13.2 Å². The Kier molecular flexibility index (Phi) is 7.54. The first-order valence-electron chi connectivity index (χ1n) is 8.96. The highest BCUT2D eigenvalue weighted by molar-refractivity contribution is 5.95. The second-order valence-corrected chi connectivity index (χ2v) is 6.80. The molecular formula is C21H21F3N4O3. The molecule has 0 unspecified atom stereocenters. The van der Waals surface area contributed by atoms with Crippen LogP contribution in [-0.4, -0.2) is 53.7 Å². The number of alkyl halides is 3. The number of aromatic nitrogens is 1. The molecule has 0 spiro atoms. The molecule has 0 aliphatic heterocycles. The molecule has 1 aromatic heterocycles. The Hall–Kier alpha value is -3.66. The summed E-state index contributed by atoms with van der Waals surface area (Å²) in [6.45, 7) is 0.360. The summed E-state index contributed by atoms with van der Waals surface area (Å²) in [5.41, 5.74) is 8.87. The van der Waals surface area contributed by atoms with E-state index in [0.717, 1.165) is 27.6 Å². The van der Waals surface area contributed by atoms with Gasteiger partial charge in [-0.25, -0.2) is 9.78 Å². The van der Waals surface area contributed by atoms with E-state index in [0.29, 0.717) is 12.4 Å². The van der Waals surface area contributed by atoms with Crippen molar-refractivity contribution in [2.75, 3.05) is 31.7 Å². The predicted molar refractivity (Wildman–Crippen MR) is 112 cm³/mol. The molecule has 0 fully saturated rings. The number of hydrogen-bond acceptors (Lipinski definition) is 5. The zero-order valence-electron chi connectivity index (χ0n) is 16.8. The third-order valence-electron chi connectivity index (χ3n) is 4.00. The minimum Gasteiger partial charge on any atom is -0.475 e. The summed E-state index contributed by atoms with van der Waals surface area (Å²) in [7, 11) is 3.73. The van der Waals surface area contributed by atoms with Crippen LogP contribution >= 0.6 is 0 Å². The number of carbonyl (C=O) groups is 2. The number of likely N-dealkylation sites (N-methyl/N-ethyl adjacent to an activating group) is 1. The largest absolute Gasteiger partial charge is 0.490 e. The highest BCUT2D eigenvalue weighted by atomic mass is 19.4. The van der Waals surface area contributed by atoms with Crippen LogP contribution in [0.25, 0.3) is 21.9 Å². The van der Waals surface area contributed by atoms with Crippen LogP contribution in [0.4, 0.5) is 24.7 Å². The second-order valence-electron chi connectivity index (χ2n) is 6.80. The lowest BCUT2D eigenvalue weighted by Gasteiger charge is -2.11. The molecule has 7 nitrogen and oxygen atoms in total. The lowest BCUT2D eigenvalue weighted by Crippen LogP contribution is -2.26. The van der Waals surface area contributed by atoms with Gasteiger partial charge in [-0.15, -0.1) is 0 Å².